The van der Waals surface area contributed by atoms with Crippen LogP contribution in [0.5, 0.6) is 0 Å². The highest BCUT2D eigenvalue weighted by atomic mass is 32.2. The average molecular weight is 279 g/mol. The van der Waals surface area contributed by atoms with Crippen molar-refractivity contribution in [3.8, 4) is 0 Å². The van der Waals surface area contributed by atoms with Crippen LogP contribution in [0.4, 0.5) is 0 Å². The molecule has 3 nitrogen and oxygen atoms in total. The number of benzene rings is 1. The topological polar surface area (TPSA) is 60.2 Å². The van der Waals surface area contributed by atoms with Crippen molar-refractivity contribution >= 4 is 9.84 Å². The van der Waals surface area contributed by atoms with Crippen LogP contribution < -0.4 is 5.73 Å². The Hall–Kier alpha value is -0.870. The van der Waals surface area contributed by atoms with Crippen LogP contribution in [0.3, 0.4) is 0 Å². The Bertz CT molecular complexity index is 567. The first-order valence-electron chi connectivity index (χ1n) is 7.13. The molecule has 3 unspecified atom stereocenters. The molecule has 1 aromatic carbocycles. The van der Waals surface area contributed by atoms with E-state index in [1.807, 2.05) is 6.07 Å². The van der Waals surface area contributed by atoms with Crippen LogP contribution in [-0.2, 0) is 16.3 Å². The van der Waals surface area contributed by atoms with Crippen molar-refractivity contribution in [3.63, 3.8) is 0 Å². The van der Waals surface area contributed by atoms with E-state index < -0.39 is 9.84 Å². The predicted octanol–water partition coefficient (Wildman–Crippen LogP) is 2.01. The van der Waals surface area contributed by atoms with Gasteiger partial charge in [-0.25, -0.2) is 8.42 Å². The minimum Gasteiger partial charge on any atom is -0.327 e. The largest absolute Gasteiger partial charge is 0.327 e. The summed E-state index contributed by atoms with van der Waals surface area (Å²) in [6.07, 6.45) is 4.41. The third-order valence-corrected chi connectivity index (χ3v) is 6.99. The zero-order valence-electron chi connectivity index (χ0n) is 11.1. The van der Waals surface area contributed by atoms with Gasteiger partial charge >= 0.3 is 0 Å². The maximum Gasteiger partial charge on any atom is 0.154 e. The molecule has 1 aliphatic carbocycles. The van der Waals surface area contributed by atoms with Crippen LogP contribution in [0.2, 0.25) is 0 Å². The van der Waals surface area contributed by atoms with Gasteiger partial charge in [-0.3, -0.25) is 0 Å². The summed E-state index contributed by atoms with van der Waals surface area (Å²) in [5.41, 5.74) is 8.97. The van der Waals surface area contributed by atoms with E-state index in [2.05, 4.69) is 18.2 Å². The summed E-state index contributed by atoms with van der Waals surface area (Å²) >= 11 is 0. The SMILES string of the molecule is NC(CC1Cc2ccccc21)C1CCCCS1(=O)=O. The number of fused-ring (bicyclic) bond motifs is 1. The molecule has 1 heterocycles. The van der Waals surface area contributed by atoms with Gasteiger partial charge in [0.1, 0.15) is 0 Å². The molecule has 0 spiro atoms. The molecule has 3 atom stereocenters. The second-order valence-corrected chi connectivity index (χ2v) is 8.24. The summed E-state index contributed by atoms with van der Waals surface area (Å²) in [6, 6.07) is 8.19. The second kappa shape index (κ2) is 4.91. The Labute approximate surface area is 115 Å². The van der Waals surface area contributed by atoms with Crippen LogP contribution >= 0.6 is 0 Å². The Kier molecular flexibility index (Phi) is 3.39. The lowest BCUT2D eigenvalue weighted by molar-refractivity contribution is 0.435. The molecule has 2 aliphatic rings. The first-order chi connectivity index (χ1) is 9.08. The summed E-state index contributed by atoms with van der Waals surface area (Å²) in [4.78, 5) is 0. The maximum atomic E-state index is 12.1. The lowest BCUT2D eigenvalue weighted by atomic mass is 9.74. The van der Waals surface area contributed by atoms with Gasteiger partial charge in [0, 0.05) is 6.04 Å². The van der Waals surface area contributed by atoms with Gasteiger partial charge in [0.2, 0.25) is 0 Å². The molecule has 1 aromatic rings. The molecule has 1 saturated heterocycles. The molecule has 0 saturated carbocycles. The molecule has 0 amide bonds. The zero-order chi connectivity index (χ0) is 13.5. The van der Waals surface area contributed by atoms with Crippen LogP contribution in [0.1, 0.15) is 42.7 Å². The summed E-state index contributed by atoms with van der Waals surface area (Å²) < 4.78 is 24.2. The first-order valence-corrected chi connectivity index (χ1v) is 8.84. The van der Waals surface area contributed by atoms with Gasteiger partial charge < -0.3 is 5.73 Å². The number of sulfone groups is 1. The highest BCUT2D eigenvalue weighted by molar-refractivity contribution is 7.92. The number of hydrogen-bond donors (Lipinski definition) is 1. The van der Waals surface area contributed by atoms with E-state index in [9.17, 15) is 8.42 Å². The van der Waals surface area contributed by atoms with E-state index in [1.54, 1.807) is 0 Å². The van der Waals surface area contributed by atoms with Gasteiger partial charge in [-0.05, 0) is 42.7 Å². The third-order valence-electron chi connectivity index (χ3n) is 4.62. The van der Waals surface area contributed by atoms with Crippen molar-refractivity contribution in [2.24, 2.45) is 5.73 Å². The standard InChI is InChI=1S/C15H21NO2S/c16-14(15-7-3-4-8-19(15,17)18)10-12-9-11-5-1-2-6-13(11)12/h1-2,5-6,12,14-15H,3-4,7-10,16H2. The minimum atomic E-state index is -2.95. The van der Waals surface area contributed by atoms with E-state index in [-0.39, 0.29) is 11.3 Å². The Morgan fingerprint density at radius 1 is 1.26 bits per heavy atom. The van der Waals surface area contributed by atoms with E-state index in [1.165, 1.54) is 11.1 Å². The lowest BCUT2D eigenvalue weighted by Gasteiger charge is -2.35. The Balaban J connectivity index is 1.68. The first kappa shape index (κ1) is 13.1. The maximum absolute atomic E-state index is 12.1. The Morgan fingerprint density at radius 3 is 2.79 bits per heavy atom. The minimum absolute atomic E-state index is 0.205. The molecule has 4 heteroatoms. The molecule has 1 fully saturated rings. The predicted molar refractivity (Wildman–Crippen MR) is 76.9 cm³/mol. The summed E-state index contributed by atoms with van der Waals surface area (Å²) in [6.45, 7) is 0. The zero-order valence-corrected chi connectivity index (χ0v) is 11.9. The van der Waals surface area contributed by atoms with E-state index in [0.29, 0.717) is 11.7 Å². The monoisotopic (exact) mass is 279 g/mol. The molecule has 3 rings (SSSR count). The van der Waals surface area contributed by atoms with Crippen molar-refractivity contribution in [3.05, 3.63) is 35.4 Å². The quantitative estimate of drug-likeness (QED) is 0.920. The van der Waals surface area contributed by atoms with Crippen molar-refractivity contribution in [2.45, 2.75) is 49.3 Å². The normalized spacial score (nSPS) is 30.2. The molecular formula is C15H21NO2S. The fourth-order valence-electron chi connectivity index (χ4n) is 3.51. The number of hydrogen-bond acceptors (Lipinski definition) is 3. The fourth-order valence-corrected chi connectivity index (χ4v) is 5.59. The molecule has 19 heavy (non-hydrogen) atoms. The Morgan fingerprint density at radius 2 is 2.05 bits per heavy atom. The average Bonchev–Trinajstić information content (AvgIpc) is 2.35. The van der Waals surface area contributed by atoms with Crippen molar-refractivity contribution in [2.75, 3.05) is 5.75 Å². The molecule has 0 bridgehead atoms. The van der Waals surface area contributed by atoms with E-state index in [4.69, 9.17) is 5.73 Å². The van der Waals surface area contributed by atoms with Gasteiger partial charge in [-0.1, -0.05) is 30.7 Å². The van der Waals surface area contributed by atoms with E-state index >= 15 is 0 Å². The van der Waals surface area contributed by atoms with Crippen LogP contribution in [0.15, 0.2) is 24.3 Å². The molecule has 0 radical (unpaired) electrons. The van der Waals surface area contributed by atoms with Gasteiger partial charge in [0.15, 0.2) is 9.84 Å². The number of nitrogens with two attached hydrogens (primary N) is 1. The highest BCUT2D eigenvalue weighted by Gasteiger charge is 2.36. The smallest absolute Gasteiger partial charge is 0.154 e. The summed E-state index contributed by atoms with van der Waals surface area (Å²) in [7, 11) is -2.95. The molecular weight excluding hydrogens is 258 g/mol. The van der Waals surface area contributed by atoms with Crippen LogP contribution in [0, 0.1) is 0 Å². The number of rotatable bonds is 3. The summed E-state index contributed by atoms with van der Waals surface area (Å²) in [5.74, 6) is 0.787. The van der Waals surface area contributed by atoms with Gasteiger partial charge in [-0.15, -0.1) is 0 Å². The lowest BCUT2D eigenvalue weighted by Crippen LogP contribution is -2.45. The molecule has 1 aliphatic heterocycles. The fraction of sp³-hybridized carbons (Fsp3) is 0.600. The second-order valence-electron chi connectivity index (χ2n) is 5.90. The molecule has 0 aromatic heterocycles. The van der Waals surface area contributed by atoms with Gasteiger partial charge in [0.05, 0.1) is 11.0 Å². The van der Waals surface area contributed by atoms with Crippen molar-refractivity contribution in [1.29, 1.82) is 0 Å². The molecule has 2 N–H and O–H groups in total. The van der Waals surface area contributed by atoms with Gasteiger partial charge in [0.25, 0.3) is 0 Å². The van der Waals surface area contributed by atoms with Crippen LogP contribution in [-0.4, -0.2) is 25.5 Å². The highest BCUT2D eigenvalue weighted by Crippen LogP contribution is 2.39. The van der Waals surface area contributed by atoms with E-state index in [0.717, 1.165) is 32.1 Å². The third kappa shape index (κ3) is 2.43. The van der Waals surface area contributed by atoms with Crippen LogP contribution in [0.25, 0.3) is 0 Å². The van der Waals surface area contributed by atoms with Crippen molar-refractivity contribution in [1.82, 2.24) is 0 Å². The summed E-state index contributed by atoms with van der Waals surface area (Å²) in [5, 5.41) is -0.311. The van der Waals surface area contributed by atoms with Crippen molar-refractivity contribution < 1.29 is 8.42 Å². The van der Waals surface area contributed by atoms with Gasteiger partial charge in [-0.2, -0.15) is 0 Å². The molecule has 104 valence electrons.